The Hall–Kier alpha value is -2.45. The number of piperidine rings is 1. The smallest absolute Gasteiger partial charge is 0.414 e. The minimum atomic E-state index is -3.68. The molecule has 1 amide bonds. The maximum absolute atomic E-state index is 13.1. The van der Waals surface area contributed by atoms with Crippen molar-refractivity contribution in [3.8, 4) is 0 Å². The van der Waals surface area contributed by atoms with E-state index in [1.807, 2.05) is 25.1 Å². The molecule has 1 saturated heterocycles. The second-order valence-electron chi connectivity index (χ2n) is 7.10. The van der Waals surface area contributed by atoms with E-state index in [2.05, 4.69) is 0 Å². The Kier molecular flexibility index (Phi) is 4.84. The number of amides is 1. The van der Waals surface area contributed by atoms with Crippen molar-refractivity contribution >= 4 is 21.8 Å². The van der Waals surface area contributed by atoms with E-state index in [4.69, 9.17) is 4.74 Å². The van der Waals surface area contributed by atoms with Crippen molar-refractivity contribution in [1.29, 1.82) is 0 Å². The molecule has 0 aromatic heterocycles. The summed E-state index contributed by atoms with van der Waals surface area (Å²) < 4.78 is 45.4. The maximum atomic E-state index is 13.1. The number of aryl methyl sites for hydroxylation is 1. The van der Waals surface area contributed by atoms with Gasteiger partial charge < -0.3 is 4.74 Å². The van der Waals surface area contributed by atoms with Crippen LogP contribution in [0.1, 0.15) is 24.0 Å². The molecule has 0 saturated carbocycles. The van der Waals surface area contributed by atoms with Crippen molar-refractivity contribution in [3.05, 3.63) is 59.4 Å². The fraction of sp³-hybridized carbons (Fsp3) is 0.350. The van der Waals surface area contributed by atoms with E-state index in [-0.39, 0.29) is 36.7 Å². The van der Waals surface area contributed by atoms with Crippen LogP contribution in [-0.4, -0.2) is 37.9 Å². The summed E-state index contributed by atoms with van der Waals surface area (Å²) in [4.78, 5) is 14.2. The molecule has 6 nitrogen and oxygen atoms in total. The predicted molar refractivity (Wildman–Crippen MR) is 102 cm³/mol. The monoisotopic (exact) mass is 404 g/mol. The van der Waals surface area contributed by atoms with Crippen LogP contribution in [0.25, 0.3) is 0 Å². The number of carbonyl (C=O) groups excluding carboxylic acids is 1. The van der Waals surface area contributed by atoms with Gasteiger partial charge in [-0.1, -0.05) is 18.2 Å². The third kappa shape index (κ3) is 3.27. The van der Waals surface area contributed by atoms with E-state index in [1.165, 1.54) is 16.4 Å². The van der Waals surface area contributed by atoms with E-state index in [1.54, 1.807) is 4.90 Å². The quantitative estimate of drug-likeness (QED) is 0.786. The van der Waals surface area contributed by atoms with Gasteiger partial charge >= 0.3 is 6.09 Å². The number of ether oxygens (including phenoxy) is 1. The number of para-hydroxylation sites is 1. The van der Waals surface area contributed by atoms with Crippen LogP contribution >= 0.6 is 0 Å². The van der Waals surface area contributed by atoms with E-state index < -0.39 is 15.8 Å². The van der Waals surface area contributed by atoms with Gasteiger partial charge in [-0.05, 0) is 49.6 Å². The molecule has 1 fully saturated rings. The predicted octanol–water partition coefficient (Wildman–Crippen LogP) is 3.44. The highest BCUT2D eigenvalue weighted by molar-refractivity contribution is 7.89. The molecule has 148 valence electrons. The number of halogens is 1. The van der Waals surface area contributed by atoms with Gasteiger partial charge in [0.2, 0.25) is 10.0 Å². The summed E-state index contributed by atoms with van der Waals surface area (Å²) >= 11 is 0. The van der Waals surface area contributed by atoms with Crippen LogP contribution in [0.15, 0.2) is 47.4 Å². The Morgan fingerprint density at radius 3 is 2.43 bits per heavy atom. The van der Waals surface area contributed by atoms with Crippen molar-refractivity contribution in [3.63, 3.8) is 0 Å². The molecule has 0 radical (unpaired) electrons. The molecule has 28 heavy (non-hydrogen) atoms. The zero-order valence-electron chi connectivity index (χ0n) is 15.5. The van der Waals surface area contributed by atoms with Crippen LogP contribution in [-0.2, 0) is 21.4 Å². The highest BCUT2D eigenvalue weighted by Gasteiger charge is 2.37. The summed E-state index contributed by atoms with van der Waals surface area (Å²) in [5.74, 6) is -0.477. The normalized spacial score (nSPS) is 18.6. The van der Waals surface area contributed by atoms with Crippen molar-refractivity contribution in [2.75, 3.05) is 18.0 Å². The second kappa shape index (κ2) is 7.18. The first kappa shape index (κ1) is 18.9. The Morgan fingerprint density at radius 1 is 1.07 bits per heavy atom. The summed E-state index contributed by atoms with van der Waals surface area (Å²) in [6.45, 7) is 2.79. The number of rotatable bonds is 3. The Bertz CT molecular complexity index is 999. The first-order valence-electron chi connectivity index (χ1n) is 9.18. The number of fused-ring (bicyclic) bond motifs is 1. The zero-order chi connectivity index (χ0) is 19.9. The molecule has 0 N–H and O–H groups in total. The number of anilines is 1. The molecule has 4 rings (SSSR count). The van der Waals surface area contributed by atoms with Gasteiger partial charge in [0, 0.05) is 24.7 Å². The van der Waals surface area contributed by atoms with Crippen molar-refractivity contribution in [2.45, 2.75) is 37.3 Å². The first-order valence-corrected chi connectivity index (χ1v) is 10.6. The number of sulfonamides is 1. The largest absolute Gasteiger partial charge is 0.444 e. The third-order valence-corrected chi connectivity index (χ3v) is 7.26. The highest BCUT2D eigenvalue weighted by atomic mass is 32.2. The molecule has 2 heterocycles. The van der Waals surface area contributed by atoms with Gasteiger partial charge in [-0.15, -0.1) is 0 Å². The number of hydrogen-bond acceptors (Lipinski definition) is 4. The molecule has 0 bridgehead atoms. The fourth-order valence-electron chi connectivity index (χ4n) is 3.91. The Morgan fingerprint density at radius 2 is 1.75 bits per heavy atom. The van der Waals surface area contributed by atoms with Gasteiger partial charge in [-0.3, -0.25) is 4.90 Å². The summed E-state index contributed by atoms with van der Waals surface area (Å²) in [5.41, 5.74) is 2.83. The summed E-state index contributed by atoms with van der Waals surface area (Å²) in [7, 11) is -3.68. The van der Waals surface area contributed by atoms with Gasteiger partial charge in [0.15, 0.2) is 0 Å². The van der Waals surface area contributed by atoms with Gasteiger partial charge in [0.05, 0.1) is 10.6 Å². The molecule has 0 spiro atoms. The number of carbonyl (C=O) groups is 1. The lowest BCUT2D eigenvalue weighted by atomic mass is 10.00. The molecule has 8 heteroatoms. The zero-order valence-corrected chi connectivity index (χ0v) is 16.3. The minimum Gasteiger partial charge on any atom is -0.444 e. The SMILES string of the molecule is Cc1cccc2c1N(C1CCN(S(=O)(=O)c3ccc(F)cc3)CC1)C(=O)OC2. The van der Waals surface area contributed by atoms with Crippen LogP contribution in [0.3, 0.4) is 0 Å². The average molecular weight is 404 g/mol. The molecular formula is C20H21FN2O4S. The first-order chi connectivity index (χ1) is 13.4. The van der Waals surface area contributed by atoms with E-state index in [0.29, 0.717) is 12.8 Å². The number of hydrogen-bond donors (Lipinski definition) is 0. The number of cyclic esters (lactones) is 1. The molecule has 0 aliphatic carbocycles. The number of benzene rings is 2. The lowest BCUT2D eigenvalue weighted by Crippen LogP contribution is -2.50. The topological polar surface area (TPSA) is 66.9 Å². The van der Waals surface area contributed by atoms with Crippen molar-refractivity contribution < 1.29 is 22.3 Å². The van der Waals surface area contributed by atoms with E-state index in [9.17, 15) is 17.6 Å². The molecule has 0 unspecified atom stereocenters. The summed E-state index contributed by atoms with van der Waals surface area (Å²) in [5, 5.41) is 0. The van der Waals surface area contributed by atoms with Crippen LogP contribution in [0.4, 0.5) is 14.9 Å². The van der Waals surface area contributed by atoms with E-state index in [0.717, 1.165) is 28.9 Å². The van der Waals surface area contributed by atoms with Crippen molar-refractivity contribution in [1.82, 2.24) is 4.31 Å². The lowest BCUT2D eigenvalue weighted by molar-refractivity contribution is 0.135. The standard InChI is InChI=1S/C20H21FN2O4S/c1-14-3-2-4-15-13-27-20(24)23(19(14)15)17-9-11-22(12-10-17)28(25,26)18-7-5-16(21)6-8-18/h2-8,17H,9-13H2,1H3. The molecule has 2 aliphatic heterocycles. The molecule has 2 aromatic carbocycles. The van der Waals surface area contributed by atoms with Crippen LogP contribution in [0.2, 0.25) is 0 Å². The molecular weight excluding hydrogens is 383 g/mol. The molecule has 0 atom stereocenters. The Labute approximate surface area is 163 Å². The maximum Gasteiger partial charge on any atom is 0.414 e. The van der Waals surface area contributed by atoms with Gasteiger partial charge in [0.25, 0.3) is 0 Å². The van der Waals surface area contributed by atoms with Crippen molar-refractivity contribution in [2.24, 2.45) is 0 Å². The molecule has 2 aliphatic rings. The Balaban J connectivity index is 1.54. The van der Waals surface area contributed by atoms with Gasteiger partial charge in [-0.25, -0.2) is 17.6 Å². The molecule has 2 aromatic rings. The van der Waals surface area contributed by atoms with Crippen LogP contribution in [0.5, 0.6) is 0 Å². The van der Waals surface area contributed by atoms with Crippen LogP contribution < -0.4 is 4.90 Å². The number of nitrogens with zero attached hydrogens (tertiary/aromatic N) is 2. The average Bonchev–Trinajstić information content (AvgIpc) is 2.69. The lowest BCUT2D eigenvalue weighted by Gasteiger charge is -2.40. The minimum absolute atomic E-state index is 0.0749. The fourth-order valence-corrected chi connectivity index (χ4v) is 5.38. The van der Waals surface area contributed by atoms with E-state index >= 15 is 0 Å². The third-order valence-electron chi connectivity index (χ3n) is 5.35. The van der Waals surface area contributed by atoms with Gasteiger partial charge in [0.1, 0.15) is 12.4 Å². The summed E-state index contributed by atoms with van der Waals surface area (Å²) in [6.07, 6.45) is 0.619. The second-order valence-corrected chi connectivity index (χ2v) is 9.03. The van der Waals surface area contributed by atoms with Crippen LogP contribution in [0, 0.1) is 12.7 Å². The van der Waals surface area contributed by atoms with Gasteiger partial charge in [-0.2, -0.15) is 4.31 Å². The summed E-state index contributed by atoms with van der Waals surface area (Å²) in [6, 6.07) is 10.5. The highest BCUT2D eigenvalue weighted by Crippen LogP contribution is 2.35.